The van der Waals surface area contributed by atoms with E-state index >= 15 is 0 Å². The Morgan fingerprint density at radius 3 is 1.95 bits per heavy atom. The second-order valence-corrected chi connectivity index (χ2v) is 5.70. The lowest BCUT2D eigenvalue weighted by Crippen LogP contribution is -2.27. The third-order valence-electron chi connectivity index (χ3n) is 2.91. The van der Waals surface area contributed by atoms with E-state index in [1.165, 1.54) is 0 Å². The Bertz CT molecular complexity index is 666. The van der Waals surface area contributed by atoms with E-state index in [1.807, 2.05) is 0 Å². The summed E-state index contributed by atoms with van der Waals surface area (Å²) in [6, 6.07) is 10.2. The monoisotopic (exact) mass is 301 g/mol. The van der Waals surface area contributed by atoms with Crippen molar-refractivity contribution in [3.63, 3.8) is 0 Å². The summed E-state index contributed by atoms with van der Waals surface area (Å²) < 4.78 is 0. The predicted octanol–water partition coefficient (Wildman–Crippen LogP) is 2.75. The number of nitrogens with zero attached hydrogens (tertiary/aromatic N) is 1. The van der Waals surface area contributed by atoms with E-state index in [1.54, 1.807) is 62.6 Å². The summed E-state index contributed by atoms with van der Waals surface area (Å²) in [5.41, 5.74) is -1.58. The van der Waals surface area contributed by atoms with Gasteiger partial charge in [-0.25, -0.2) is 0 Å². The fourth-order valence-corrected chi connectivity index (χ4v) is 1.96. The third-order valence-corrected chi connectivity index (χ3v) is 3.16. The molecule has 0 saturated carbocycles. The maximum Gasteiger partial charge on any atom is 0.177 e. The van der Waals surface area contributed by atoms with Crippen molar-refractivity contribution in [1.29, 1.82) is 0 Å². The Kier molecular flexibility index (Phi) is 4.34. The smallest absolute Gasteiger partial charge is 0.177 e. The summed E-state index contributed by atoms with van der Waals surface area (Å²) in [5.74, 6) is 5.45. The minimum atomic E-state index is -1.53. The van der Waals surface area contributed by atoms with Crippen LogP contribution in [-0.4, -0.2) is 20.8 Å². The lowest BCUT2D eigenvalue weighted by atomic mass is 9.87. The second kappa shape index (κ2) is 5.87. The molecule has 108 valence electrons. The van der Waals surface area contributed by atoms with Crippen LogP contribution in [0.3, 0.4) is 0 Å². The molecule has 4 heteroatoms. The van der Waals surface area contributed by atoms with Gasteiger partial charge >= 0.3 is 0 Å². The predicted molar refractivity (Wildman–Crippen MR) is 82.8 cm³/mol. The van der Waals surface area contributed by atoms with Gasteiger partial charge in [-0.3, -0.25) is 4.98 Å². The van der Waals surface area contributed by atoms with Crippen LogP contribution in [0, 0.1) is 11.8 Å². The Morgan fingerprint density at radius 1 is 0.905 bits per heavy atom. The van der Waals surface area contributed by atoms with E-state index in [-0.39, 0.29) is 0 Å². The van der Waals surface area contributed by atoms with Gasteiger partial charge in [-0.2, -0.15) is 0 Å². The second-order valence-electron chi connectivity index (χ2n) is 5.26. The number of hydrogen-bond acceptors (Lipinski definition) is 3. The molecule has 0 aliphatic rings. The molecular weight excluding hydrogens is 286 g/mol. The number of aromatic nitrogens is 1. The fraction of sp³-hybridized carbons (Fsp3) is 0.235. The first-order valence-electron chi connectivity index (χ1n) is 6.47. The minimum Gasteiger partial charge on any atom is -0.378 e. The topological polar surface area (TPSA) is 53.4 Å². The standard InChI is InChI=1S/C17H16ClNO2/c1-16(2,20)9-10-17(21,14-7-11-19-12-8-14)13-3-5-15(18)6-4-13/h3-8,11-12,20-21H,1-2H3/t17-/m0/s1. The highest BCUT2D eigenvalue weighted by molar-refractivity contribution is 6.30. The van der Waals surface area contributed by atoms with Crippen LogP contribution >= 0.6 is 11.6 Å². The minimum absolute atomic E-state index is 0.575. The molecule has 1 heterocycles. The summed E-state index contributed by atoms with van der Waals surface area (Å²) in [6.07, 6.45) is 3.17. The van der Waals surface area contributed by atoms with Crippen molar-refractivity contribution in [1.82, 2.24) is 4.98 Å². The summed E-state index contributed by atoms with van der Waals surface area (Å²) in [6.45, 7) is 3.13. The van der Waals surface area contributed by atoms with Crippen LogP contribution in [0.25, 0.3) is 0 Å². The van der Waals surface area contributed by atoms with Gasteiger partial charge in [0.1, 0.15) is 5.60 Å². The van der Waals surface area contributed by atoms with E-state index in [4.69, 9.17) is 11.6 Å². The molecule has 0 aliphatic heterocycles. The summed E-state index contributed by atoms with van der Waals surface area (Å²) in [5, 5.41) is 21.4. The molecule has 1 aromatic carbocycles. The maximum atomic E-state index is 11.1. The average Bonchev–Trinajstić information content (AvgIpc) is 2.46. The van der Waals surface area contributed by atoms with Gasteiger partial charge in [0.05, 0.1) is 0 Å². The highest BCUT2D eigenvalue weighted by Crippen LogP contribution is 2.29. The lowest BCUT2D eigenvalue weighted by molar-refractivity contribution is 0.132. The molecule has 1 aromatic heterocycles. The quantitative estimate of drug-likeness (QED) is 0.839. The SMILES string of the molecule is CC(C)(O)C#C[C@@](O)(c1ccncc1)c1ccc(Cl)cc1. The Balaban J connectivity index is 2.58. The third kappa shape index (κ3) is 3.83. The van der Waals surface area contributed by atoms with E-state index < -0.39 is 11.2 Å². The Hall–Kier alpha value is -1.86. The van der Waals surface area contributed by atoms with Crippen molar-refractivity contribution < 1.29 is 10.2 Å². The molecule has 0 aliphatic carbocycles. The van der Waals surface area contributed by atoms with Crippen LogP contribution < -0.4 is 0 Å². The van der Waals surface area contributed by atoms with Gasteiger partial charge in [0, 0.05) is 28.5 Å². The zero-order valence-electron chi connectivity index (χ0n) is 11.8. The van der Waals surface area contributed by atoms with Gasteiger partial charge in [-0.1, -0.05) is 35.6 Å². The van der Waals surface area contributed by atoms with Gasteiger partial charge in [-0.15, -0.1) is 0 Å². The van der Waals surface area contributed by atoms with Crippen molar-refractivity contribution in [2.24, 2.45) is 0 Å². The largest absolute Gasteiger partial charge is 0.378 e. The molecule has 0 radical (unpaired) electrons. The summed E-state index contributed by atoms with van der Waals surface area (Å²) in [7, 11) is 0. The highest BCUT2D eigenvalue weighted by Gasteiger charge is 2.30. The zero-order chi connectivity index (χ0) is 15.5. The van der Waals surface area contributed by atoms with Gasteiger partial charge in [-0.05, 0) is 38.1 Å². The van der Waals surface area contributed by atoms with Crippen LogP contribution in [0.15, 0.2) is 48.8 Å². The van der Waals surface area contributed by atoms with Crippen LogP contribution in [0.1, 0.15) is 25.0 Å². The van der Waals surface area contributed by atoms with Crippen LogP contribution in [0.2, 0.25) is 5.02 Å². The van der Waals surface area contributed by atoms with Crippen molar-refractivity contribution in [3.05, 3.63) is 64.9 Å². The van der Waals surface area contributed by atoms with Crippen LogP contribution in [-0.2, 0) is 5.60 Å². The molecule has 1 atom stereocenters. The van der Waals surface area contributed by atoms with Crippen molar-refractivity contribution >= 4 is 11.6 Å². The fourth-order valence-electron chi connectivity index (χ4n) is 1.84. The summed E-state index contributed by atoms with van der Waals surface area (Å²) in [4.78, 5) is 3.95. The number of hydrogen-bond donors (Lipinski definition) is 2. The number of benzene rings is 1. The molecular formula is C17H16ClNO2. The molecule has 0 amide bonds. The number of rotatable bonds is 2. The molecule has 2 aromatic rings. The Labute approximate surface area is 129 Å². The first kappa shape index (κ1) is 15.5. The van der Waals surface area contributed by atoms with Crippen molar-refractivity contribution in [2.75, 3.05) is 0 Å². The maximum absolute atomic E-state index is 11.1. The number of halogens is 1. The first-order chi connectivity index (χ1) is 9.81. The van der Waals surface area contributed by atoms with E-state index in [0.29, 0.717) is 16.1 Å². The first-order valence-corrected chi connectivity index (χ1v) is 6.85. The molecule has 21 heavy (non-hydrogen) atoms. The molecule has 0 fully saturated rings. The molecule has 0 saturated heterocycles. The lowest BCUT2D eigenvalue weighted by Gasteiger charge is -2.24. The van der Waals surface area contributed by atoms with Crippen molar-refractivity contribution in [2.45, 2.75) is 25.0 Å². The zero-order valence-corrected chi connectivity index (χ0v) is 12.6. The molecule has 0 unspecified atom stereocenters. The average molecular weight is 302 g/mol. The van der Waals surface area contributed by atoms with Crippen LogP contribution in [0.4, 0.5) is 0 Å². The van der Waals surface area contributed by atoms with Gasteiger partial charge in [0.15, 0.2) is 5.60 Å². The Morgan fingerprint density at radius 2 is 1.43 bits per heavy atom. The van der Waals surface area contributed by atoms with Crippen molar-refractivity contribution in [3.8, 4) is 11.8 Å². The number of pyridine rings is 1. The highest BCUT2D eigenvalue weighted by atomic mass is 35.5. The van der Waals surface area contributed by atoms with E-state index in [2.05, 4.69) is 16.8 Å². The van der Waals surface area contributed by atoms with Crippen LogP contribution in [0.5, 0.6) is 0 Å². The van der Waals surface area contributed by atoms with E-state index in [0.717, 1.165) is 0 Å². The summed E-state index contributed by atoms with van der Waals surface area (Å²) >= 11 is 5.89. The molecule has 0 spiro atoms. The van der Waals surface area contributed by atoms with Gasteiger partial charge < -0.3 is 10.2 Å². The molecule has 2 N–H and O–H groups in total. The van der Waals surface area contributed by atoms with Gasteiger partial charge in [0.2, 0.25) is 0 Å². The van der Waals surface area contributed by atoms with E-state index in [9.17, 15) is 10.2 Å². The molecule has 2 rings (SSSR count). The number of aliphatic hydroxyl groups is 2. The normalized spacial score (nSPS) is 14.0. The van der Waals surface area contributed by atoms with Gasteiger partial charge in [0.25, 0.3) is 0 Å². The molecule has 3 nitrogen and oxygen atoms in total. The molecule has 0 bridgehead atoms.